The zero-order valence-electron chi connectivity index (χ0n) is 16.7. The Bertz CT molecular complexity index is 728. The summed E-state index contributed by atoms with van der Waals surface area (Å²) in [6.07, 6.45) is 1.22. The van der Waals surface area contributed by atoms with E-state index in [1.165, 1.54) is 6.26 Å². The molecule has 1 heterocycles. The van der Waals surface area contributed by atoms with Crippen LogP contribution in [0.2, 0.25) is 0 Å². The molecule has 1 aliphatic rings. The van der Waals surface area contributed by atoms with Gasteiger partial charge in [0.05, 0.1) is 30.7 Å². The second-order valence-electron chi connectivity index (χ2n) is 7.67. The van der Waals surface area contributed by atoms with Crippen molar-refractivity contribution in [2.24, 2.45) is 0 Å². The van der Waals surface area contributed by atoms with Crippen LogP contribution in [0.1, 0.15) is 46.0 Å². The van der Waals surface area contributed by atoms with Gasteiger partial charge in [0.15, 0.2) is 11.5 Å². The van der Waals surface area contributed by atoms with Gasteiger partial charge >= 0.3 is 7.12 Å². The van der Waals surface area contributed by atoms with Crippen molar-refractivity contribution in [3.05, 3.63) is 23.8 Å². The lowest BCUT2D eigenvalue weighted by Crippen LogP contribution is -2.41. The van der Waals surface area contributed by atoms with Crippen LogP contribution in [0, 0.1) is 0 Å². The number of hydrogen-bond donors (Lipinski definition) is 0. The minimum Gasteiger partial charge on any atom is -0.493 e. The minimum absolute atomic E-state index is 0.0816. The molecule has 2 rings (SSSR count). The van der Waals surface area contributed by atoms with E-state index < -0.39 is 34.0 Å². The highest BCUT2D eigenvalue weighted by molar-refractivity contribution is 7.90. The van der Waals surface area contributed by atoms with E-state index in [9.17, 15) is 8.42 Å². The molecule has 0 aliphatic carbocycles. The van der Waals surface area contributed by atoms with E-state index in [4.69, 9.17) is 18.8 Å². The van der Waals surface area contributed by atoms with Gasteiger partial charge < -0.3 is 18.8 Å². The van der Waals surface area contributed by atoms with Crippen LogP contribution in [0.5, 0.6) is 11.5 Å². The third-order valence-electron chi connectivity index (χ3n) is 5.00. The highest BCUT2D eigenvalue weighted by atomic mass is 32.2. The molecule has 0 N–H and O–H groups in total. The van der Waals surface area contributed by atoms with E-state index in [1.54, 1.807) is 13.2 Å². The summed E-state index contributed by atoms with van der Waals surface area (Å²) in [7, 11) is -2.36. The van der Waals surface area contributed by atoms with Crippen LogP contribution in [-0.2, 0) is 19.1 Å². The SMILES string of the molecule is CCOc1cc(C(CS(C)(=O)=O)B2OC(C)(C)C(C)(C)O2)ccc1OC. The highest BCUT2D eigenvalue weighted by Crippen LogP contribution is 2.42. The lowest BCUT2D eigenvalue weighted by Gasteiger charge is -2.32. The Morgan fingerprint density at radius 1 is 1.12 bits per heavy atom. The van der Waals surface area contributed by atoms with Crippen LogP contribution in [0.25, 0.3) is 0 Å². The first-order chi connectivity index (χ1) is 11.9. The Hall–Kier alpha value is -1.25. The molecule has 8 heteroatoms. The van der Waals surface area contributed by atoms with Gasteiger partial charge in [-0.3, -0.25) is 0 Å². The van der Waals surface area contributed by atoms with Crippen LogP contribution in [0.3, 0.4) is 0 Å². The van der Waals surface area contributed by atoms with Gasteiger partial charge in [-0.05, 0) is 52.3 Å². The monoisotopic (exact) mass is 384 g/mol. The van der Waals surface area contributed by atoms with E-state index in [2.05, 4.69) is 0 Å². The van der Waals surface area contributed by atoms with Gasteiger partial charge in [0.25, 0.3) is 0 Å². The Morgan fingerprint density at radius 2 is 1.69 bits per heavy atom. The van der Waals surface area contributed by atoms with Gasteiger partial charge in [0, 0.05) is 12.1 Å². The Morgan fingerprint density at radius 3 is 2.15 bits per heavy atom. The second kappa shape index (κ2) is 7.41. The summed E-state index contributed by atoms with van der Waals surface area (Å²) < 4.78 is 47.3. The molecule has 0 bridgehead atoms. The van der Waals surface area contributed by atoms with Gasteiger partial charge in [-0.25, -0.2) is 8.42 Å². The molecule has 1 atom stereocenters. The first-order valence-corrected chi connectivity index (χ1v) is 10.8. The molecular formula is C18H29BO6S. The molecular weight excluding hydrogens is 355 g/mol. The topological polar surface area (TPSA) is 71.1 Å². The number of rotatable bonds is 7. The number of benzene rings is 1. The van der Waals surface area contributed by atoms with Crippen LogP contribution >= 0.6 is 0 Å². The molecule has 0 aromatic heterocycles. The van der Waals surface area contributed by atoms with Crippen LogP contribution < -0.4 is 9.47 Å². The van der Waals surface area contributed by atoms with Crippen molar-refractivity contribution in [3.8, 4) is 11.5 Å². The molecule has 0 spiro atoms. The molecule has 0 saturated carbocycles. The Balaban J connectivity index is 2.45. The lowest BCUT2D eigenvalue weighted by atomic mass is 9.69. The summed E-state index contributed by atoms with van der Waals surface area (Å²) in [5.74, 6) is 0.614. The van der Waals surface area contributed by atoms with Crippen molar-refractivity contribution in [2.45, 2.75) is 51.6 Å². The van der Waals surface area contributed by atoms with Gasteiger partial charge in [0.2, 0.25) is 0 Å². The number of ether oxygens (including phenoxy) is 2. The zero-order valence-corrected chi connectivity index (χ0v) is 17.5. The standard InChI is InChI=1S/C18H29BO6S/c1-8-23-16-11-13(9-10-15(16)22-6)14(12-26(7,20)21)19-24-17(2,3)18(4,5)25-19/h9-11,14H,8,12H2,1-7H3. The summed E-state index contributed by atoms with van der Waals surface area (Å²) in [6, 6.07) is 5.42. The molecule has 1 aromatic rings. The zero-order chi connectivity index (χ0) is 19.8. The molecule has 6 nitrogen and oxygen atoms in total. The largest absolute Gasteiger partial charge is 0.493 e. The van der Waals surface area contributed by atoms with E-state index in [-0.39, 0.29) is 5.75 Å². The molecule has 0 amide bonds. The third kappa shape index (κ3) is 4.53. The fraction of sp³-hybridized carbons (Fsp3) is 0.667. The Kier molecular flexibility index (Phi) is 6.00. The van der Waals surface area contributed by atoms with Gasteiger partial charge in [0.1, 0.15) is 9.84 Å². The van der Waals surface area contributed by atoms with Crippen LogP contribution in [0.15, 0.2) is 18.2 Å². The summed E-state index contributed by atoms with van der Waals surface area (Å²) >= 11 is 0. The maximum atomic E-state index is 12.1. The number of hydrogen-bond acceptors (Lipinski definition) is 6. The fourth-order valence-corrected chi connectivity index (χ4v) is 3.91. The lowest BCUT2D eigenvalue weighted by molar-refractivity contribution is 0.00578. The van der Waals surface area contributed by atoms with E-state index in [1.807, 2.05) is 46.8 Å². The molecule has 146 valence electrons. The first kappa shape index (κ1) is 21.1. The number of methoxy groups -OCH3 is 1. The molecule has 1 fully saturated rings. The highest BCUT2D eigenvalue weighted by Gasteiger charge is 2.54. The predicted octanol–water partition coefficient (Wildman–Crippen LogP) is 2.85. The molecule has 0 radical (unpaired) electrons. The average Bonchev–Trinajstić information content (AvgIpc) is 2.72. The third-order valence-corrected chi connectivity index (χ3v) is 5.96. The van der Waals surface area contributed by atoms with Crippen molar-refractivity contribution >= 4 is 17.0 Å². The van der Waals surface area contributed by atoms with Crippen molar-refractivity contribution in [1.82, 2.24) is 0 Å². The van der Waals surface area contributed by atoms with E-state index in [0.29, 0.717) is 18.1 Å². The van der Waals surface area contributed by atoms with Gasteiger partial charge in [-0.1, -0.05) is 6.07 Å². The summed E-state index contributed by atoms with van der Waals surface area (Å²) in [5, 5.41) is 0. The molecule has 1 aliphatic heterocycles. The maximum Gasteiger partial charge on any atom is 0.466 e. The van der Waals surface area contributed by atoms with Crippen molar-refractivity contribution in [3.63, 3.8) is 0 Å². The number of sulfone groups is 1. The van der Waals surface area contributed by atoms with E-state index >= 15 is 0 Å². The average molecular weight is 384 g/mol. The molecule has 1 saturated heterocycles. The molecule has 1 aromatic carbocycles. The van der Waals surface area contributed by atoms with Gasteiger partial charge in [-0.15, -0.1) is 0 Å². The summed E-state index contributed by atoms with van der Waals surface area (Å²) in [6.45, 7) is 10.2. The summed E-state index contributed by atoms with van der Waals surface area (Å²) in [4.78, 5) is 0. The second-order valence-corrected chi connectivity index (χ2v) is 9.85. The maximum absolute atomic E-state index is 12.1. The van der Waals surface area contributed by atoms with Crippen LogP contribution in [-0.4, -0.2) is 52.5 Å². The van der Waals surface area contributed by atoms with E-state index in [0.717, 1.165) is 5.56 Å². The molecule has 26 heavy (non-hydrogen) atoms. The van der Waals surface area contributed by atoms with Crippen LogP contribution in [0.4, 0.5) is 0 Å². The minimum atomic E-state index is -3.26. The van der Waals surface area contributed by atoms with Crippen molar-refractivity contribution in [2.75, 3.05) is 25.7 Å². The Labute approximate surface area is 157 Å². The quantitative estimate of drug-likeness (QED) is 0.674. The smallest absolute Gasteiger partial charge is 0.466 e. The normalized spacial score (nSPS) is 20.0. The molecule has 1 unspecified atom stereocenters. The predicted molar refractivity (Wildman–Crippen MR) is 103 cm³/mol. The van der Waals surface area contributed by atoms with Gasteiger partial charge in [-0.2, -0.15) is 0 Å². The first-order valence-electron chi connectivity index (χ1n) is 8.74. The fourth-order valence-electron chi connectivity index (χ4n) is 2.90. The van der Waals surface area contributed by atoms with Crippen molar-refractivity contribution < 1.29 is 27.2 Å². The summed E-state index contributed by atoms with van der Waals surface area (Å²) in [5.41, 5.74) is -0.302. The van der Waals surface area contributed by atoms with Crippen molar-refractivity contribution in [1.29, 1.82) is 0 Å².